The average Bonchev–Trinajstić information content (AvgIpc) is 2.88. The summed E-state index contributed by atoms with van der Waals surface area (Å²) in [6.45, 7) is 1.36. The summed E-state index contributed by atoms with van der Waals surface area (Å²) in [4.78, 5) is 51.7. The number of nitro groups is 1. The molecule has 1 saturated carbocycles. The number of methoxy groups -OCH3 is 1. The van der Waals surface area contributed by atoms with Crippen molar-refractivity contribution >= 4 is 34.7 Å². The van der Waals surface area contributed by atoms with Crippen molar-refractivity contribution in [3.8, 4) is 5.75 Å². The van der Waals surface area contributed by atoms with Crippen LogP contribution in [0.15, 0.2) is 78.9 Å². The van der Waals surface area contributed by atoms with E-state index in [1.54, 1.807) is 60.7 Å². The van der Waals surface area contributed by atoms with Gasteiger partial charge in [-0.3, -0.25) is 24.5 Å². The zero-order chi connectivity index (χ0) is 27.4. The molecule has 38 heavy (non-hydrogen) atoms. The van der Waals surface area contributed by atoms with Crippen molar-refractivity contribution in [3.05, 3.63) is 94.5 Å². The van der Waals surface area contributed by atoms with Crippen LogP contribution < -0.4 is 15.4 Å². The third kappa shape index (κ3) is 5.40. The van der Waals surface area contributed by atoms with Gasteiger partial charge in [-0.25, -0.2) is 0 Å². The number of para-hydroxylation sites is 2. The van der Waals surface area contributed by atoms with Crippen LogP contribution in [-0.4, -0.2) is 40.3 Å². The molecule has 10 nitrogen and oxygen atoms in total. The maximum Gasteiger partial charge on any atom is 0.311 e. The zero-order valence-corrected chi connectivity index (χ0v) is 20.8. The van der Waals surface area contributed by atoms with Gasteiger partial charge in [0.1, 0.15) is 11.7 Å². The molecule has 4 atom stereocenters. The van der Waals surface area contributed by atoms with Crippen molar-refractivity contribution in [2.24, 2.45) is 11.8 Å². The van der Waals surface area contributed by atoms with Crippen molar-refractivity contribution in [3.63, 3.8) is 0 Å². The fraction of sp³-hybridized carbons (Fsp3) is 0.250. The Balaban J connectivity index is 1.84. The molecule has 0 spiro atoms. The highest BCUT2D eigenvalue weighted by atomic mass is 16.6. The number of anilines is 2. The number of Topliss-reactive ketones (excluding diaryl/α,β-unsaturated/α-hetero) is 1. The number of hydrogen-bond acceptors (Lipinski definition) is 7. The summed E-state index contributed by atoms with van der Waals surface area (Å²) in [5, 5.41) is 28.6. The number of carbonyl (C=O) groups excluding carboxylic acids is 3. The van der Waals surface area contributed by atoms with E-state index in [0.717, 1.165) is 0 Å². The summed E-state index contributed by atoms with van der Waals surface area (Å²) in [7, 11) is 1.28. The Morgan fingerprint density at radius 1 is 0.974 bits per heavy atom. The van der Waals surface area contributed by atoms with Crippen LogP contribution in [0.3, 0.4) is 0 Å². The van der Waals surface area contributed by atoms with Gasteiger partial charge < -0.3 is 20.5 Å². The van der Waals surface area contributed by atoms with Crippen LogP contribution in [0.5, 0.6) is 5.75 Å². The molecule has 2 amide bonds. The van der Waals surface area contributed by atoms with Gasteiger partial charge in [-0.15, -0.1) is 0 Å². The molecule has 3 N–H and O–H groups in total. The van der Waals surface area contributed by atoms with E-state index in [0.29, 0.717) is 11.4 Å². The fourth-order valence-corrected chi connectivity index (χ4v) is 5.03. The average molecular weight is 518 g/mol. The van der Waals surface area contributed by atoms with Crippen LogP contribution in [0.4, 0.5) is 17.1 Å². The second kappa shape index (κ2) is 10.8. The minimum Gasteiger partial charge on any atom is -0.490 e. The number of carbonyl (C=O) groups is 3. The van der Waals surface area contributed by atoms with Crippen molar-refractivity contribution < 1.29 is 29.2 Å². The predicted octanol–water partition coefficient (Wildman–Crippen LogP) is 3.92. The molecule has 0 saturated heterocycles. The molecule has 1 aliphatic carbocycles. The molecule has 1 aliphatic rings. The maximum absolute atomic E-state index is 13.7. The van der Waals surface area contributed by atoms with Crippen molar-refractivity contribution in [2.45, 2.75) is 24.9 Å². The molecule has 0 heterocycles. The molecular weight excluding hydrogens is 490 g/mol. The molecule has 10 heteroatoms. The summed E-state index contributed by atoms with van der Waals surface area (Å²) in [6, 6.07) is 21.0. The minimum atomic E-state index is -1.85. The Hall–Kier alpha value is -4.57. The molecule has 4 rings (SSSR count). The smallest absolute Gasteiger partial charge is 0.311 e. The molecule has 3 aromatic rings. The molecular formula is C28H27N3O7. The van der Waals surface area contributed by atoms with Crippen molar-refractivity contribution in [1.82, 2.24) is 0 Å². The summed E-state index contributed by atoms with van der Waals surface area (Å²) in [5.74, 6) is -5.86. The third-order valence-corrected chi connectivity index (χ3v) is 6.70. The molecule has 0 aliphatic heterocycles. The van der Waals surface area contributed by atoms with Gasteiger partial charge in [0.25, 0.3) is 0 Å². The van der Waals surface area contributed by atoms with Gasteiger partial charge in [-0.1, -0.05) is 42.5 Å². The molecule has 4 unspecified atom stereocenters. The highest BCUT2D eigenvalue weighted by Gasteiger charge is 2.56. The highest BCUT2D eigenvalue weighted by Crippen LogP contribution is 2.48. The molecule has 0 bridgehead atoms. The van der Waals surface area contributed by atoms with Crippen molar-refractivity contribution in [1.29, 1.82) is 0 Å². The van der Waals surface area contributed by atoms with Gasteiger partial charge in [0.2, 0.25) is 11.8 Å². The Morgan fingerprint density at radius 3 is 2.05 bits per heavy atom. The summed E-state index contributed by atoms with van der Waals surface area (Å²) in [6.07, 6.45) is -0.457. The number of nitrogens with one attached hydrogen (secondary N) is 2. The normalized spacial score (nSPS) is 22.8. The fourth-order valence-electron chi connectivity index (χ4n) is 5.03. The van der Waals surface area contributed by atoms with Gasteiger partial charge in [0.15, 0.2) is 5.75 Å². The number of hydrogen-bond donors (Lipinski definition) is 3. The molecule has 3 aromatic carbocycles. The predicted molar refractivity (Wildman–Crippen MR) is 140 cm³/mol. The van der Waals surface area contributed by atoms with Crippen LogP contribution in [-0.2, 0) is 14.4 Å². The minimum absolute atomic E-state index is 0.0248. The van der Waals surface area contributed by atoms with E-state index in [1.807, 2.05) is 0 Å². The van der Waals surface area contributed by atoms with E-state index < -0.39 is 58.0 Å². The Morgan fingerprint density at radius 2 is 1.53 bits per heavy atom. The molecule has 196 valence electrons. The van der Waals surface area contributed by atoms with E-state index in [1.165, 1.54) is 32.2 Å². The quantitative estimate of drug-likeness (QED) is 0.244. The van der Waals surface area contributed by atoms with E-state index in [9.17, 15) is 29.6 Å². The SMILES string of the molecule is COc1ccc(C2C(C(=O)Nc3ccccc3)C(=O)CC(C)(O)C2C(=O)Nc2ccccc2)cc1[N+](=O)[O-]. The lowest BCUT2D eigenvalue weighted by Crippen LogP contribution is -2.56. The second-order valence-electron chi connectivity index (χ2n) is 9.38. The third-order valence-electron chi connectivity index (χ3n) is 6.70. The van der Waals surface area contributed by atoms with Gasteiger partial charge in [0, 0.05) is 29.8 Å². The van der Waals surface area contributed by atoms with Gasteiger partial charge in [-0.2, -0.15) is 0 Å². The number of nitrogens with zero attached hydrogens (tertiary/aromatic N) is 1. The lowest BCUT2D eigenvalue weighted by Gasteiger charge is -2.44. The number of rotatable bonds is 7. The van der Waals surface area contributed by atoms with Gasteiger partial charge in [-0.05, 0) is 42.8 Å². The van der Waals surface area contributed by atoms with Gasteiger partial charge in [0.05, 0.1) is 23.6 Å². The Bertz CT molecular complexity index is 1360. The first-order chi connectivity index (χ1) is 18.1. The summed E-state index contributed by atoms with van der Waals surface area (Å²) in [5.41, 5.74) is -1.18. The monoisotopic (exact) mass is 517 g/mol. The van der Waals surface area contributed by atoms with E-state index in [4.69, 9.17) is 4.74 Å². The van der Waals surface area contributed by atoms with Crippen LogP contribution in [0.25, 0.3) is 0 Å². The Kier molecular flexibility index (Phi) is 7.54. The standard InChI is InChI=1S/C28H27N3O7/c1-28(35)16-21(32)24(26(33)29-18-9-5-3-6-10-18)23(17-13-14-22(38-2)20(15-17)31(36)37)25(28)27(34)30-19-11-7-4-8-12-19/h3-15,23-25,35H,16H2,1-2H3,(H,29,33)(H,30,34). The Labute approximate surface area is 218 Å². The van der Waals surface area contributed by atoms with Gasteiger partial charge >= 0.3 is 5.69 Å². The zero-order valence-electron chi connectivity index (χ0n) is 20.8. The van der Waals surface area contributed by atoms with E-state index in [2.05, 4.69) is 10.6 Å². The highest BCUT2D eigenvalue weighted by molar-refractivity contribution is 6.10. The first-order valence-electron chi connectivity index (χ1n) is 11.9. The van der Waals surface area contributed by atoms with Crippen LogP contribution in [0, 0.1) is 22.0 Å². The number of nitro benzene ring substituents is 1. The largest absolute Gasteiger partial charge is 0.490 e. The topological polar surface area (TPSA) is 148 Å². The first kappa shape index (κ1) is 26.5. The lowest BCUT2D eigenvalue weighted by molar-refractivity contribution is -0.385. The number of aliphatic hydroxyl groups is 1. The van der Waals surface area contributed by atoms with Crippen LogP contribution in [0.2, 0.25) is 0 Å². The molecule has 0 radical (unpaired) electrons. The van der Waals surface area contributed by atoms with E-state index >= 15 is 0 Å². The molecule has 0 aromatic heterocycles. The number of ketones is 1. The second-order valence-corrected chi connectivity index (χ2v) is 9.38. The summed E-state index contributed by atoms with van der Waals surface area (Å²) < 4.78 is 5.10. The number of benzene rings is 3. The van der Waals surface area contributed by atoms with Crippen LogP contribution >= 0.6 is 0 Å². The molecule has 1 fully saturated rings. The summed E-state index contributed by atoms with van der Waals surface area (Å²) >= 11 is 0. The number of ether oxygens (including phenoxy) is 1. The van der Waals surface area contributed by atoms with Crippen molar-refractivity contribution in [2.75, 3.05) is 17.7 Å². The maximum atomic E-state index is 13.7. The van der Waals surface area contributed by atoms with Crippen LogP contribution in [0.1, 0.15) is 24.8 Å². The lowest BCUT2D eigenvalue weighted by atomic mass is 9.61. The first-order valence-corrected chi connectivity index (χ1v) is 11.9. The van der Waals surface area contributed by atoms with E-state index in [-0.39, 0.29) is 11.3 Å². The number of amides is 2.